The number of nitrogens with two attached hydrogens (primary N) is 1. The summed E-state index contributed by atoms with van der Waals surface area (Å²) in [7, 11) is 2.13. The van der Waals surface area contributed by atoms with Crippen molar-refractivity contribution < 1.29 is 4.79 Å². The third kappa shape index (κ3) is 4.06. The summed E-state index contributed by atoms with van der Waals surface area (Å²) >= 11 is 4.79. The number of likely N-dealkylation sites (tertiary alicyclic amines) is 1. The van der Waals surface area contributed by atoms with Crippen LogP contribution in [0.15, 0.2) is 0 Å². The van der Waals surface area contributed by atoms with Gasteiger partial charge in [0.1, 0.15) is 0 Å². The Morgan fingerprint density at radius 3 is 2.62 bits per heavy atom. The molecule has 1 aliphatic rings. The van der Waals surface area contributed by atoms with Crippen molar-refractivity contribution in [3.05, 3.63) is 0 Å². The highest BCUT2D eigenvalue weighted by Gasteiger charge is 2.19. The van der Waals surface area contributed by atoms with Gasteiger partial charge in [-0.3, -0.25) is 4.79 Å². The lowest BCUT2D eigenvalue weighted by Crippen LogP contribution is -2.41. The number of amides is 1. The van der Waals surface area contributed by atoms with E-state index in [1.807, 2.05) is 0 Å². The number of thiocarbonyl (C=S) groups is 1. The van der Waals surface area contributed by atoms with Gasteiger partial charge in [-0.25, -0.2) is 0 Å². The van der Waals surface area contributed by atoms with E-state index in [4.69, 9.17) is 18.0 Å². The molecule has 1 unspecified atom stereocenters. The minimum absolute atomic E-state index is 0.0496. The molecule has 1 atom stereocenters. The topological polar surface area (TPSA) is 58.4 Å². The fourth-order valence-corrected chi connectivity index (χ4v) is 1.90. The first-order chi connectivity index (χ1) is 7.50. The fourth-order valence-electron chi connectivity index (χ4n) is 1.79. The normalized spacial score (nSPS) is 20.4. The fraction of sp³-hybridized carbons (Fsp3) is 0.818. The van der Waals surface area contributed by atoms with Gasteiger partial charge in [-0.2, -0.15) is 0 Å². The van der Waals surface area contributed by atoms with E-state index < -0.39 is 0 Å². The molecule has 0 aromatic carbocycles. The van der Waals surface area contributed by atoms with Crippen molar-refractivity contribution in [1.29, 1.82) is 0 Å². The third-order valence-corrected chi connectivity index (χ3v) is 3.58. The number of hydrogen-bond donors (Lipinski definition) is 2. The van der Waals surface area contributed by atoms with Gasteiger partial charge in [0.05, 0.1) is 10.9 Å². The molecule has 3 N–H and O–H groups in total. The molecule has 4 nitrogen and oxygen atoms in total. The van der Waals surface area contributed by atoms with Gasteiger partial charge in [0.2, 0.25) is 5.91 Å². The quantitative estimate of drug-likeness (QED) is 0.700. The van der Waals surface area contributed by atoms with E-state index in [-0.39, 0.29) is 16.8 Å². The molecule has 0 saturated carbocycles. The molecule has 1 heterocycles. The average molecular weight is 243 g/mol. The standard InChI is InChI=1S/C11H21N3OS/c1-8(10(12)16)11(15)13-7-9-3-5-14(2)6-4-9/h8-9H,3-7H2,1-2H3,(H2,12,16)(H,13,15). The Morgan fingerprint density at radius 2 is 2.12 bits per heavy atom. The largest absolute Gasteiger partial charge is 0.393 e. The van der Waals surface area contributed by atoms with Crippen LogP contribution in [0, 0.1) is 11.8 Å². The van der Waals surface area contributed by atoms with Crippen LogP contribution in [-0.2, 0) is 4.79 Å². The van der Waals surface area contributed by atoms with Crippen LogP contribution in [0.25, 0.3) is 0 Å². The van der Waals surface area contributed by atoms with Gasteiger partial charge in [-0.15, -0.1) is 0 Å². The summed E-state index contributed by atoms with van der Waals surface area (Å²) in [6, 6.07) is 0. The Hall–Kier alpha value is -0.680. The third-order valence-electron chi connectivity index (χ3n) is 3.22. The molecular weight excluding hydrogens is 222 g/mol. The Bertz CT molecular complexity index is 262. The van der Waals surface area contributed by atoms with Crippen molar-refractivity contribution in [3.63, 3.8) is 0 Å². The highest BCUT2D eigenvalue weighted by Crippen LogP contribution is 2.14. The van der Waals surface area contributed by atoms with Gasteiger partial charge in [-0.05, 0) is 45.8 Å². The second kappa shape index (κ2) is 6.15. The summed E-state index contributed by atoms with van der Waals surface area (Å²) in [6.45, 7) is 4.72. The molecule has 16 heavy (non-hydrogen) atoms. The van der Waals surface area contributed by atoms with E-state index in [1.54, 1.807) is 6.92 Å². The van der Waals surface area contributed by atoms with E-state index in [0.29, 0.717) is 5.92 Å². The first kappa shape index (κ1) is 13.4. The molecule has 1 aliphatic heterocycles. The molecule has 92 valence electrons. The van der Waals surface area contributed by atoms with Crippen LogP contribution in [-0.4, -0.2) is 42.5 Å². The maximum absolute atomic E-state index is 11.6. The second-order valence-corrected chi connectivity index (χ2v) is 5.09. The van der Waals surface area contributed by atoms with Gasteiger partial charge >= 0.3 is 0 Å². The first-order valence-electron chi connectivity index (χ1n) is 5.76. The van der Waals surface area contributed by atoms with Crippen molar-refractivity contribution >= 4 is 23.1 Å². The molecule has 1 saturated heterocycles. The van der Waals surface area contributed by atoms with E-state index in [9.17, 15) is 4.79 Å². The van der Waals surface area contributed by atoms with Gasteiger partial charge < -0.3 is 16.0 Å². The van der Waals surface area contributed by atoms with Crippen molar-refractivity contribution in [2.24, 2.45) is 17.6 Å². The summed E-state index contributed by atoms with van der Waals surface area (Å²) in [5.41, 5.74) is 5.43. The Morgan fingerprint density at radius 1 is 1.56 bits per heavy atom. The number of rotatable bonds is 4. The molecule has 0 spiro atoms. The predicted octanol–water partition coefficient (Wildman–Crippen LogP) is 0.367. The zero-order chi connectivity index (χ0) is 12.1. The van der Waals surface area contributed by atoms with Crippen molar-refractivity contribution in [2.45, 2.75) is 19.8 Å². The molecule has 0 radical (unpaired) electrons. The van der Waals surface area contributed by atoms with E-state index >= 15 is 0 Å². The van der Waals surface area contributed by atoms with Crippen LogP contribution in [0.4, 0.5) is 0 Å². The van der Waals surface area contributed by atoms with Crippen LogP contribution < -0.4 is 11.1 Å². The molecule has 0 aliphatic carbocycles. The number of piperidine rings is 1. The monoisotopic (exact) mass is 243 g/mol. The van der Waals surface area contributed by atoms with Crippen LogP contribution in [0.3, 0.4) is 0 Å². The van der Waals surface area contributed by atoms with Gasteiger partial charge in [0, 0.05) is 6.54 Å². The zero-order valence-electron chi connectivity index (χ0n) is 10.0. The summed E-state index contributed by atoms with van der Waals surface area (Å²) in [4.78, 5) is 14.2. The maximum Gasteiger partial charge on any atom is 0.229 e. The molecule has 0 aromatic heterocycles. The maximum atomic E-state index is 11.6. The molecule has 0 bridgehead atoms. The SMILES string of the molecule is CC(C(=O)NCC1CCN(C)CC1)C(N)=S. The average Bonchev–Trinajstić information content (AvgIpc) is 2.26. The zero-order valence-corrected chi connectivity index (χ0v) is 10.8. The summed E-state index contributed by atoms with van der Waals surface area (Å²) in [5, 5.41) is 2.92. The molecule has 1 fully saturated rings. The highest BCUT2D eigenvalue weighted by molar-refractivity contribution is 7.80. The van der Waals surface area contributed by atoms with E-state index in [0.717, 1.165) is 32.5 Å². The first-order valence-corrected chi connectivity index (χ1v) is 6.17. The Kier molecular flexibility index (Phi) is 5.15. The summed E-state index contributed by atoms with van der Waals surface area (Å²) in [6.07, 6.45) is 2.30. The van der Waals surface area contributed by atoms with Gasteiger partial charge in [-0.1, -0.05) is 12.2 Å². The Labute approximate surface area is 103 Å². The number of nitrogens with zero attached hydrogens (tertiary/aromatic N) is 1. The van der Waals surface area contributed by atoms with E-state index in [1.165, 1.54) is 0 Å². The Balaban J connectivity index is 2.24. The van der Waals surface area contributed by atoms with E-state index in [2.05, 4.69) is 17.3 Å². The lowest BCUT2D eigenvalue weighted by atomic mass is 9.97. The van der Waals surface area contributed by atoms with Crippen molar-refractivity contribution in [3.8, 4) is 0 Å². The lowest BCUT2D eigenvalue weighted by Gasteiger charge is -2.29. The van der Waals surface area contributed by atoms with Crippen LogP contribution >= 0.6 is 12.2 Å². The van der Waals surface area contributed by atoms with Gasteiger partial charge in [0.15, 0.2) is 0 Å². The molecule has 5 heteroatoms. The highest BCUT2D eigenvalue weighted by atomic mass is 32.1. The van der Waals surface area contributed by atoms with Gasteiger partial charge in [0.25, 0.3) is 0 Å². The molecule has 1 rings (SSSR count). The summed E-state index contributed by atoms with van der Waals surface area (Å²) in [5.74, 6) is 0.186. The molecule has 1 amide bonds. The van der Waals surface area contributed by atoms with Crippen LogP contribution in [0.1, 0.15) is 19.8 Å². The smallest absolute Gasteiger partial charge is 0.229 e. The number of hydrogen-bond acceptors (Lipinski definition) is 3. The van der Waals surface area contributed by atoms with Crippen molar-refractivity contribution in [2.75, 3.05) is 26.7 Å². The number of carbonyl (C=O) groups excluding carboxylic acids is 1. The van der Waals surface area contributed by atoms with Crippen LogP contribution in [0.2, 0.25) is 0 Å². The minimum atomic E-state index is -0.360. The minimum Gasteiger partial charge on any atom is -0.393 e. The predicted molar refractivity (Wildman–Crippen MR) is 69.2 cm³/mol. The number of carbonyl (C=O) groups is 1. The van der Waals surface area contributed by atoms with Crippen LogP contribution in [0.5, 0.6) is 0 Å². The molecular formula is C11H21N3OS. The number of nitrogens with one attached hydrogen (secondary N) is 1. The lowest BCUT2D eigenvalue weighted by molar-refractivity contribution is -0.122. The summed E-state index contributed by atoms with van der Waals surface area (Å²) < 4.78 is 0. The second-order valence-electron chi connectivity index (χ2n) is 4.62. The van der Waals surface area contributed by atoms with Crippen molar-refractivity contribution in [1.82, 2.24) is 10.2 Å². The molecule has 0 aromatic rings.